The Morgan fingerprint density at radius 3 is 1.36 bits per heavy atom. The van der Waals surface area contributed by atoms with Gasteiger partial charge in [0, 0.05) is 29.1 Å². The molecule has 44 heavy (non-hydrogen) atoms. The van der Waals surface area contributed by atoms with Crippen LogP contribution in [-0.4, -0.2) is 15.0 Å². The predicted molar refractivity (Wildman–Crippen MR) is 188 cm³/mol. The third-order valence-electron chi connectivity index (χ3n) is 7.20. The van der Waals surface area contributed by atoms with E-state index in [0.717, 1.165) is 61.5 Å². The molecular weight excluding hydrogens is 534 g/mol. The first-order valence-corrected chi connectivity index (χ1v) is 14.7. The molecule has 5 rings (SSSR count). The summed E-state index contributed by atoms with van der Waals surface area (Å²) in [4.78, 5) is 14.2. The minimum atomic E-state index is 0.675. The molecule has 0 saturated heterocycles. The standard InChI is InChI=1S/C41H35N3/c1-5-9-30(10-6-2)32-13-19-36(20-14-32)39-29-40(37-21-15-33(16-22-37)31(11-7-3)12-8-4)44-41(43-39)38-23-17-34(18-24-38)35-25-27-42-28-26-35/h5-29H,1,3H2,2,4H3/b10-6-,12-8-,30-9+,31-11+. The Morgan fingerprint density at radius 1 is 0.523 bits per heavy atom. The normalized spacial score (nSPS) is 12.1. The number of rotatable bonds is 10. The molecule has 0 atom stereocenters. The lowest BCUT2D eigenvalue weighted by molar-refractivity contribution is 1.18. The predicted octanol–water partition coefficient (Wildman–Crippen LogP) is 10.8. The maximum absolute atomic E-state index is 5.05. The lowest BCUT2D eigenvalue weighted by Crippen LogP contribution is -1.96. The second kappa shape index (κ2) is 14.5. The zero-order valence-electron chi connectivity index (χ0n) is 25.2. The van der Waals surface area contributed by atoms with E-state index in [-0.39, 0.29) is 0 Å². The Kier molecular flexibility index (Phi) is 9.81. The van der Waals surface area contributed by atoms with Crippen molar-refractivity contribution in [1.29, 1.82) is 0 Å². The molecule has 0 amide bonds. The fourth-order valence-electron chi connectivity index (χ4n) is 5.00. The molecule has 0 aliphatic rings. The van der Waals surface area contributed by atoms with Gasteiger partial charge in [0.1, 0.15) is 0 Å². The lowest BCUT2D eigenvalue weighted by Gasteiger charge is -2.11. The summed E-state index contributed by atoms with van der Waals surface area (Å²) < 4.78 is 0. The first kappa shape index (κ1) is 29.8. The first-order chi connectivity index (χ1) is 21.6. The van der Waals surface area contributed by atoms with Crippen LogP contribution in [0.25, 0.3) is 56.2 Å². The summed E-state index contributed by atoms with van der Waals surface area (Å²) in [5.74, 6) is 0.675. The zero-order valence-corrected chi connectivity index (χ0v) is 25.2. The fourth-order valence-corrected chi connectivity index (χ4v) is 5.00. The van der Waals surface area contributed by atoms with Crippen molar-refractivity contribution in [2.45, 2.75) is 13.8 Å². The van der Waals surface area contributed by atoms with E-state index in [2.05, 4.69) is 109 Å². The van der Waals surface area contributed by atoms with Crippen LogP contribution in [0.3, 0.4) is 0 Å². The average Bonchev–Trinajstić information content (AvgIpc) is 3.08. The van der Waals surface area contributed by atoms with Gasteiger partial charge in [0.15, 0.2) is 5.82 Å². The molecule has 0 radical (unpaired) electrons. The van der Waals surface area contributed by atoms with Crippen LogP contribution in [0.5, 0.6) is 0 Å². The molecule has 0 aliphatic carbocycles. The molecule has 0 aliphatic heterocycles. The van der Waals surface area contributed by atoms with E-state index in [1.165, 1.54) is 0 Å². The second-order valence-electron chi connectivity index (χ2n) is 10.1. The van der Waals surface area contributed by atoms with Gasteiger partial charge in [-0.25, -0.2) is 9.97 Å². The van der Waals surface area contributed by atoms with E-state index in [9.17, 15) is 0 Å². The van der Waals surface area contributed by atoms with Gasteiger partial charge in [-0.3, -0.25) is 4.98 Å². The van der Waals surface area contributed by atoms with Gasteiger partial charge in [-0.15, -0.1) is 0 Å². The van der Waals surface area contributed by atoms with Crippen LogP contribution in [0.15, 0.2) is 165 Å². The summed E-state index contributed by atoms with van der Waals surface area (Å²) in [6, 6.07) is 31.4. The number of aromatic nitrogens is 3. The van der Waals surface area contributed by atoms with E-state index < -0.39 is 0 Å². The fraction of sp³-hybridized carbons (Fsp3) is 0.0488. The molecule has 214 valence electrons. The van der Waals surface area contributed by atoms with Crippen molar-refractivity contribution in [2.75, 3.05) is 0 Å². The maximum atomic E-state index is 5.05. The average molecular weight is 570 g/mol. The number of allylic oxidation sites excluding steroid dienone is 10. The van der Waals surface area contributed by atoms with Crippen LogP contribution in [0.4, 0.5) is 0 Å². The molecule has 2 heterocycles. The monoisotopic (exact) mass is 569 g/mol. The van der Waals surface area contributed by atoms with E-state index in [1.807, 2.05) is 74.8 Å². The highest BCUT2D eigenvalue weighted by Gasteiger charge is 2.12. The smallest absolute Gasteiger partial charge is 0.160 e. The summed E-state index contributed by atoms with van der Waals surface area (Å²) >= 11 is 0. The SMILES string of the molecule is C=C/C=C(\C=C/C)c1ccc(-c2cc(-c3ccc(C(/C=C\C)=C/C=C)cc3)nc(-c3ccc(-c4ccncc4)cc3)n2)cc1. The third kappa shape index (κ3) is 7.03. The van der Waals surface area contributed by atoms with Gasteiger partial charge >= 0.3 is 0 Å². The van der Waals surface area contributed by atoms with Gasteiger partial charge < -0.3 is 0 Å². The van der Waals surface area contributed by atoms with E-state index in [0.29, 0.717) is 5.82 Å². The van der Waals surface area contributed by atoms with Crippen molar-refractivity contribution in [3.05, 3.63) is 176 Å². The third-order valence-corrected chi connectivity index (χ3v) is 7.20. The molecule has 0 unspecified atom stereocenters. The quantitative estimate of drug-likeness (QED) is 0.157. The molecule has 0 spiro atoms. The van der Waals surface area contributed by atoms with Crippen molar-refractivity contribution in [3.8, 4) is 45.0 Å². The van der Waals surface area contributed by atoms with Crippen LogP contribution in [0.1, 0.15) is 25.0 Å². The van der Waals surface area contributed by atoms with Crippen molar-refractivity contribution in [3.63, 3.8) is 0 Å². The summed E-state index contributed by atoms with van der Waals surface area (Å²) in [5, 5.41) is 0. The van der Waals surface area contributed by atoms with Crippen molar-refractivity contribution >= 4 is 11.1 Å². The first-order valence-electron chi connectivity index (χ1n) is 14.7. The molecule has 3 aromatic carbocycles. The highest BCUT2D eigenvalue weighted by Crippen LogP contribution is 2.31. The van der Waals surface area contributed by atoms with Crippen LogP contribution in [0, 0.1) is 0 Å². The number of hydrogen-bond donors (Lipinski definition) is 0. The van der Waals surface area contributed by atoms with Gasteiger partial charge in [0.2, 0.25) is 0 Å². The highest BCUT2D eigenvalue weighted by molar-refractivity contribution is 5.79. The van der Waals surface area contributed by atoms with Gasteiger partial charge in [-0.05, 0) is 65.4 Å². The Balaban J connectivity index is 1.58. The molecule has 0 bridgehead atoms. The molecule has 3 nitrogen and oxygen atoms in total. The number of hydrogen-bond acceptors (Lipinski definition) is 3. The Bertz CT molecular complexity index is 1760. The topological polar surface area (TPSA) is 38.7 Å². The zero-order chi connectivity index (χ0) is 30.7. The summed E-state index contributed by atoms with van der Waals surface area (Å²) in [7, 11) is 0. The number of pyridine rings is 1. The maximum Gasteiger partial charge on any atom is 0.160 e. The van der Waals surface area contributed by atoms with Crippen molar-refractivity contribution in [1.82, 2.24) is 15.0 Å². The molecule has 3 heteroatoms. The Hall–Kier alpha value is -5.67. The van der Waals surface area contributed by atoms with Crippen LogP contribution < -0.4 is 0 Å². The second-order valence-corrected chi connectivity index (χ2v) is 10.1. The number of benzene rings is 3. The molecular formula is C41H35N3. The van der Waals surface area contributed by atoms with Crippen LogP contribution in [-0.2, 0) is 0 Å². The molecule has 2 aromatic heterocycles. The van der Waals surface area contributed by atoms with Gasteiger partial charge in [0.05, 0.1) is 11.4 Å². The van der Waals surface area contributed by atoms with Gasteiger partial charge in [-0.2, -0.15) is 0 Å². The highest BCUT2D eigenvalue weighted by atomic mass is 14.9. The molecule has 0 saturated carbocycles. The van der Waals surface area contributed by atoms with Crippen molar-refractivity contribution < 1.29 is 0 Å². The molecule has 5 aromatic rings. The van der Waals surface area contributed by atoms with E-state index >= 15 is 0 Å². The van der Waals surface area contributed by atoms with Crippen LogP contribution >= 0.6 is 0 Å². The molecule has 0 N–H and O–H groups in total. The van der Waals surface area contributed by atoms with Gasteiger partial charge in [0.25, 0.3) is 0 Å². The van der Waals surface area contributed by atoms with Crippen LogP contribution in [0.2, 0.25) is 0 Å². The Labute approximate surface area is 260 Å². The van der Waals surface area contributed by atoms with E-state index in [4.69, 9.17) is 9.97 Å². The van der Waals surface area contributed by atoms with Gasteiger partial charge in [-0.1, -0.05) is 135 Å². The van der Waals surface area contributed by atoms with Crippen molar-refractivity contribution in [2.24, 2.45) is 0 Å². The molecule has 0 fully saturated rings. The lowest BCUT2D eigenvalue weighted by atomic mass is 9.99. The minimum Gasteiger partial charge on any atom is -0.265 e. The summed E-state index contributed by atoms with van der Waals surface area (Å²) in [6.07, 6.45) is 19.5. The number of nitrogens with zero attached hydrogens (tertiary/aromatic N) is 3. The summed E-state index contributed by atoms with van der Waals surface area (Å²) in [6.45, 7) is 11.8. The summed E-state index contributed by atoms with van der Waals surface area (Å²) in [5.41, 5.74) is 11.4. The largest absolute Gasteiger partial charge is 0.265 e. The van der Waals surface area contributed by atoms with E-state index in [1.54, 1.807) is 0 Å². The Morgan fingerprint density at radius 2 is 0.932 bits per heavy atom. The minimum absolute atomic E-state index is 0.675.